The molecule has 0 aliphatic carbocycles. The van der Waals surface area contributed by atoms with Crippen molar-refractivity contribution < 1.29 is 9.84 Å². The Morgan fingerprint density at radius 2 is 2.62 bits per heavy atom. The highest BCUT2D eigenvalue weighted by Crippen LogP contribution is 2.39. The summed E-state index contributed by atoms with van der Waals surface area (Å²) in [5.74, 6) is 0. The normalized spacial score (nSPS) is 51.4. The highest BCUT2D eigenvalue weighted by atomic mass is 32.2. The van der Waals surface area contributed by atoms with Crippen LogP contribution in [0.15, 0.2) is 0 Å². The second-order valence-electron chi connectivity index (χ2n) is 1.99. The first-order chi connectivity index (χ1) is 3.92. The van der Waals surface area contributed by atoms with Gasteiger partial charge in [-0.15, -0.1) is 0 Å². The predicted molar refractivity (Wildman–Crippen MR) is 30.3 cm³/mol. The first-order valence-electron chi connectivity index (χ1n) is 2.59. The molecule has 3 unspecified atom stereocenters. The van der Waals surface area contributed by atoms with E-state index in [-0.39, 0.29) is 12.6 Å². The topological polar surface area (TPSA) is 44.8 Å². The van der Waals surface area contributed by atoms with E-state index in [1.54, 1.807) is 11.9 Å². The van der Waals surface area contributed by atoms with Gasteiger partial charge >= 0.3 is 0 Å². The molecule has 0 spiro atoms. The molecule has 0 aromatic rings. The summed E-state index contributed by atoms with van der Waals surface area (Å²) in [7, 11) is 0. The van der Waals surface area contributed by atoms with E-state index in [9.17, 15) is 0 Å². The maximum Gasteiger partial charge on any atom is 0.145 e. The zero-order chi connectivity index (χ0) is 5.56. The lowest BCUT2D eigenvalue weighted by Gasteiger charge is -2.04. The van der Waals surface area contributed by atoms with E-state index in [4.69, 9.17) is 9.84 Å². The van der Waals surface area contributed by atoms with Crippen LogP contribution in [0.2, 0.25) is 0 Å². The van der Waals surface area contributed by atoms with Gasteiger partial charge in [0.1, 0.15) is 11.5 Å². The predicted octanol–water partition coefficient (Wildman–Crippen LogP) is -0.676. The number of hydrogen-bond donors (Lipinski definition) is 2. The van der Waals surface area contributed by atoms with E-state index < -0.39 is 0 Å². The summed E-state index contributed by atoms with van der Waals surface area (Å²) in [6.45, 7) is 0.189. The van der Waals surface area contributed by atoms with Crippen LogP contribution in [0.3, 0.4) is 0 Å². The van der Waals surface area contributed by atoms with Gasteiger partial charge in [0, 0.05) is 0 Å². The number of fused-ring (bicyclic) bond motifs is 1. The van der Waals surface area contributed by atoms with Crippen molar-refractivity contribution in [2.75, 3.05) is 6.61 Å². The summed E-state index contributed by atoms with van der Waals surface area (Å²) in [5, 5.41) is 8.61. The molecule has 2 aliphatic rings. The second-order valence-corrected chi connectivity index (χ2v) is 2.93. The summed E-state index contributed by atoms with van der Waals surface area (Å²) in [4.78, 5) is 0. The van der Waals surface area contributed by atoms with Crippen molar-refractivity contribution in [1.82, 2.24) is 4.72 Å². The van der Waals surface area contributed by atoms with Crippen molar-refractivity contribution in [3.63, 3.8) is 0 Å². The van der Waals surface area contributed by atoms with Crippen LogP contribution in [0.4, 0.5) is 0 Å². The van der Waals surface area contributed by atoms with Gasteiger partial charge < -0.3 is 9.84 Å². The Bertz CT molecular complexity index is 110. The third kappa shape index (κ3) is 0.574. The molecule has 0 radical (unpaired) electrons. The van der Waals surface area contributed by atoms with Crippen LogP contribution in [-0.4, -0.2) is 29.3 Å². The summed E-state index contributed by atoms with van der Waals surface area (Å²) in [6.07, 6.45) is 0.296. The van der Waals surface area contributed by atoms with Gasteiger partial charge in [0.05, 0.1) is 12.6 Å². The zero-order valence-corrected chi connectivity index (χ0v) is 5.02. The number of aliphatic hydroxyl groups is 1. The van der Waals surface area contributed by atoms with Gasteiger partial charge in [-0.3, -0.25) is 4.72 Å². The molecule has 3 nitrogen and oxygen atoms in total. The molecule has 0 aromatic carbocycles. The number of nitrogens with one attached hydrogen (secondary N) is 1. The van der Waals surface area contributed by atoms with E-state index in [0.717, 1.165) is 0 Å². The van der Waals surface area contributed by atoms with Crippen LogP contribution in [0.25, 0.3) is 0 Å². The molecular weight excluding hydrogens is 126 g/mol. The average molecular weight is 133 g/mol. The minimum atomic E-state index is 0.185. The van der Waals surface area contributed by atoms with Crippen LogP contribution >= 0.6 is 11.9 Å². The summed E-state index contributed by atoms with van der Waals surface area (Å²) >= 11 is 1.57. The third-order valence-electron chi connectivity index (χ3n) is 1.41. The highest BCUT2D eigenvalue weighted by molar-refractivity contribution is 7.98. The van der Waals surface area contributed by atoms with Crippen LogP contribution in [0.1, 0.15) is 0 Å². The van der Waals surface area contributed by atoms with E-state index in [1.807, 2.05) is 0 Å². The number of hydrogen-bond acceptors (Lipinski definition) is 4. The Morgan fingerprint density at radius 1 is 1.75 bits per heavy atom. The molecule has 0 aromatic heterocycles. The first kappa shape index (κ1) is 5.05. The van der Waals surface area contributed by atoms with E-state index in [2.05, 4.69) is 4.72 Å². The minimum absolute atomic E-state index is 0.185. The Kier molecular flexibility index (Phi) is 1.01. The standard InChI is InChI=1S/C4H7NO2S/c6-1-2-3-4(7-3)8-5-2/h2-6H,1H2. The van der Waals surface area contributed by atoms with E-state index >= 15 is 0 Å². The van der Waals surface area contributed by atoms with E-state index in [1.165, 1.54) is 0 Å². The molecule has 0 amide bonds. The lowest BCUT2D eigenvalue weighted by atomic mass is 10.3. The molecule has 2 fully saturated rings. The van der Waals surface area contributed by atoms with Gasteiger partial charge in [0.25, 0.3) is 0 Å². The van der Waals surface area contributed by atoms with Crippen molar-refractivity contribution in [2.45, 2.75) is 17.6 Å². The monoisotopic (exact) mass is 133 g/mol. The van der Waals surface area contributed by atoms with Gasteiger partial charge in [0.2, 0.25) is 0 Å². The molecule has 46 valence electrons. The largest absolute Gasteiger partial charge is 0.395 e. The maximum atomic E-state index is 8.61. The van der Waals surface area contributed by atoms with Gasteiger partial charge in [-0.05, 0) is 11.9 Å². The highest BCUT2D eigenvalue weighted by Gasteiger charge is 2.51. The zero-order valence-electron chi connectivity index (χ0n) is 4.20. The van der Waals surface area contributed by atoms with Crippen molar-refractivity contribution in [1.29, 1.82) is 0 Å². The molecule has 3 atom stereocenters. The van der Waals surface area contributed by atoms with Crippen LogP contribution in [0.5, 0.6) is 0 Å². The summed E-state index contributed by atoms with van der Waals surface area (Å²) < 4.78 is 8.14. The molecule has 2 saturated heterocycles. The first-order valence-corrected chi connectivity index (χ1v) is 3.47. The Hall–Kier alpha value is 0.230. The molecule has 2 aliphatic heterocycles. The summed E-state index contributed by atoms with van der Waals surface area (Å²) in [6, 6.07) is 0.185. The second kappa shape index (κ2) is 1.60. The van der Waals surface area contributed by atoms with Crippen LogP contribution < -0.4 is 4.72 Å². The lowest BCUT2D eigenvalue weighted by Crippen LogP contribution is -2.28. The molecule has 8 heavy (non-hydrogen) atoms. The van der Waals surface area contributed by atoms with Crippen molar-refractivity contribution >= 4 is 11.9 Å². The van der Waals surface area contributed by atoms with Crippen LogP contribution in [-0.2, 0) is 4.74 Å². The average Bonchev–Trinajstić information content (AvgIpc) is 2.46. The molecule has 0 saturated carbocycles. The van der Waals surface area contributed by atoms with Crippen molar-refractivity contribution in [3.05, 3.63) is 0 Å². The van der Waals surface area contributed by atoms with Gasteiger partial charge in [-0.2, -0.15) is 0 Å². The molecule has 0 bridgehead atoms. The number of rotatable bonds is 1. The number of epoxide rings is 1. The van der Waals surface area contributed by atoms with Crippen molar-refractivity contribution in [3.8, 4) is 0 Å². The van der Waals surface area contributed by atoms with Gasteiger partial charge in [-0.25, -0.2) is 0 Å². The molecule has 2 rings (SSSR count). The number of aliphatic hydroxyl groups excluding tert-OH is 1. The fraction of sp³-hybridized carbons (Fsp3) is 1.00. The smallest absolute Gasteiger partial charge is 0.145 e. The van der Waals surface area contributed by atoms with E-state index in [0.29, 0.717) is 11.5 Å². The quantitative estimate of drug-likeness (QED) is 0.367. The molecule has 4 heteroatoms. The number of ether oxygens (including phenoxy) is 1. The molecule has 2 N–H and O–H groups in total. The molecular formula is C4H7NO2S. The minimum Gasteiger partial charge on any atom is -0.395 e. The van der Waals surface area contributed by atoms with Gasteiger partial charge in [-0.1, -0.05) is 0 Å². The lowest BCUT2D eigenvalue weighted by molar-refractivity contribution is 0.227. The fourth-order valence-electron chi connectivity index (χ4n) is 0.852. The van der Waals surface area contributed by atoms with Gasteiger partial charge in [0.15, 0.2) is 0 Å². The van der Waals surface area contributed by atoms with Crippen molar-refractivity contribution in [2.24, 2.45) is 0 Å². The SMILES string of the molecule is OCC1NSC2OC12. The Morgan fingerprint density at radius 3 is 2.88 bits per heavy atom. The third-order valence-corrected chi connectivity index (χ3v) is 2.46. The maximum absolute atomic E-state index is 8.61. The van der Waals surface area contributed by atoms with Crippen LogP contribution in [0, 0.1) is 0 Å². The molecule has 2 heterocycles. The Balaban J connectivity index is 1.97. The Labute approximate surface area is 51.5 Å². The fourth-order valence-corrected chi connectivity index (χ4v) is 1.88. The summed E-state index contributed by atoms with van der Waals surface area (Å²) in [5.41, 5.74) is 0.340.